The molecule has 3 aromatic rings. The van der Waals surface area contributed by atoms with Crippen LogP contribution in [0, 0.1) is 11.8 Å². The Balaban J connectivity index is 1.20. The number of carbonyl (C=O) groups is 2. The van der Waals surface area contributed by atoms with Crippen molar-refractivity contribution in [3.05, 3.63) is 49.1 Å². The number of fused-ring (bicyclic) bond motifs is 1. The number of hydrogen-bond donors (Lipinski definition) is 1. The predicted octanol–water partition coefficient (Wildman–Crippen LogP) is 3.21. The summed E-state index contributed by atoms with van der Waals surface area (Å²) in [6.07, 6.45) is 9.85. The standard InChI is InChI=1S/C26H30N6O2/c1-31-10-12-32(13-11-31)26(34)19-4-2-18(3-5-19)25(33)30-24-15-22-14-20(6-7-21(22)16-29-24)23-17-27-8-9-28-23/h6-9,14-19H,2-5,10-13H2,1H3,(H,29,30,33). The monoisotopic (exact) mass is 458 g/mol. The minimum atomic E-state index is -0.0834. The van der Waals surface area contributed by atoms with E-state index in [9.17, 15) is 9.59 Å². The van der Waals surface area contributed by atoms with E-state index in [0.29, 0.717) is 5.82 Å². The van der Waals surface area contributed by atoms with Crippen molar-refractivity contribution in [3.63, 3.8) is 0 Å². The summed E-state index contributed by atoms with van der Waals surface area (Å²) >= 11 is 0. The van der Waals surface area contributed by atoms with E-state index in [1.807, 2.05) is 29.2 Å². The molecule has 1 aromatic carbocycles. The number of nitrogens with one attached hydrogen (secondary N) is 1. The summed E-state index contributed by atoms with van der Waals surface area (Å²) in [5.74, 6) is 0.764. The second-order valence-corrected chi connectivity index (χ2v) is 9.39. The zero-order chi connectivity index (χ0) is 23.5. The van der Waals surface area contributed by atoms with Gasteiger partial charge in [0.25, 0.3) is 0 Å². The molecule has 1 N–H and O–H groups in total. The van der Waals surface area contributed by atoms with Crippen LogP contribution in [0.2, 0.25) is 0 Å². The van der Waals surface area contributed by atoms with Crippen LogP contribution in [0.5, 0.6) is 0 Å². The minimum Gasteiger partial charge on any atom is -0.340 e. The Labute approximate surface area is 199 Å². The fraction of sp³-hybridized carbons (Fsp3) is 0.423. The van der Waals surface area contributed by atoms with E-state index in [1.165, 1.54) is 0 Å². The molecule has 34 heavy (non-hydrogen) atoms. The summed E-state index contributed by atoms with van der Waals surface area (Å²) in [4.78, 5) is 43.0. The van der Waals surface area contributed by atoms with Crippen LogP contribution in [-0.2, 0) is 9.59 Å². The molecule has 1 saturated heterocycles. The maximum Gasteiger partial charge on any atom is 0.228 e. The molecule has 0 spiro atoms. The van der Waals surface area contributed by atoms with Crippen LogP contribution in [0.25, 0.3) is 22.0 Å². The van der Waals surface area contributed by atoms with Crippen molar-refractivity contribution in [1.29, 1.82) is 0 Å². The number of hydrogen-bond acceptors (Lipinski definition) is 6. The van der Waals surface area contributed by atoms with Gasteiger partial charge in [0, 0.05) is 67.6 Å². The lowest BCUT2D eigenvalue weighted by Crippen LogP contribution is -2.49. The van der Waals surface area contributed by atoms with Crippen LogP contribution < -0.4 is 5.32 Å². The molecule has 2 fully saturated rings. The Hall–Kier alpha value is -3.39. The molecule has 8 nitrogen and oxygen atoms in total. The maximum absolute atomic E-state index is 12.9. The van der Waals surface area contributed by atoms with Crippen LogP contribution in [0.15, 0.2) is 49.1 Å². The minimum absolute atomic E-state index is 0.0116. The Kier molecular flexibility index (Phi) is 6.49. The summed E-state index contributed by atoms with van der Waals surface area (Å²) in [6.45, 7) is 3.48. The Morgan fingerprint density at radius 3 is 2.38 bits per heavy atom. The van der Waals surface area contributed by atoms with E-state index in [0.717, 1.165) is 73.9 Å². The largest absolute Gasteiger partial charge is 0.340 e. The number of carbonyl (C=O) groups excluding carboxylic acids is 2. The molecule has 0 bridgehead atoms. The molecule has 0 unspecified atom stereocenters. The number of benzene rings is 1. The van der Waals surface area contributed by atoms with Gasteiger partial charge >= 0.3 is 0 Å². The average molecular weight is 459 g/mol. The molecule has 3 heterocycles. The van der Waals surface area contributed by atoms with E-state index < -0.39 is 0 Å². The molecule has 2 aromatic heterocycles. The molecule has 5 rings (SSSR count). The zero-order valence-electron chi connectivity index (χ0n) is 19.5. The SMILES string of the molecule is CN1CCN(C(=O)C2CCC(C(=O)Nc3cc4cc(-c5cnccn5)ccc4cn3)CC2)CC1. The number of anilines is 1. The Morgan fingerprint density at radius 2 is 1.65 bits per heavy atom. The van der Waals surface area contributed by atoms with E-state index >= 15 is 0 Å². The first-order chi connectivity index (χ1) is 16.6. The van der Waals surface area contributed by atoms with Crippen LogP contribution >= 0.6 is 0 Å². The maximum atomic E-state index is 12.9. The van der Waals surface area contributed by atoms with Crippen molar-refractivity contribution < 1.29 is 9.59 Å². The normalized spacial score (nSPS) is 21.4. The van der Waals surface area contributed by atoms with Crippen molar-refractivity contribution in [3.8, 4) is 11.3 Å². The van der Waals surface area contributed by atoms with Gasteiger partial charge < -0.3 is 15.1 Å². The molecule has 8 heteroatoms. The van der Waals surface area contributed by atoms with Crippen LogP contribution in [-0.4, -0.2) is 69.8 Å². The molecule has 176 valence electrons. The van der Waals surface area contributed by atoms with Crippen molar-refractivity contribution in [2.75, 3.05) is 38.5 Å². The highest BCUT2D eigenvalue weighted by Crippen LogP contribution is 2.31. The van der Waals surface area contributed by atoms with Gasteiger partial charge in [-0.2, -0.15) is 0 Å². The van der Waals surface area contributed by atoms with E-state index in [4.69, 9.17) is 0 Å². The van der Waals surface area contributed by atoms with Gasteiger partial charge in [0.1, 0.15) is 5.82 Å². The predicted molar refractivity (Wildman–Crippen MR) is 131 cm³/mol. The highest BCUT2D eigenvalue weighted by molar-refractivity contribution is 5.95. The molecule has 1 saturated carbocycles. The number of amides is 2. The van der Waals surface area contributed by atoms with E-state index in [1.54, 1.807) is 24.8 Å². The van der Waals surface area contributed by atoms with Gasteiger partial charge in [0.15, 0.2) is 0 Å². The number of rotatable bonds is 4. The van der Waals surface area contributed by atoms with E-state index in [-0.39, 0.29) is 23.7 Å². The van der Waals surface area contributed by atoms with Crippen molar-refractivity contribution in [2.45, 2.75) is 25.7 Å². The summed E-state index contributed by atoms with van der Waals surface area (Å²) < 4.78 is 0. The summed E-state index contributed by atoms with van der Waals surface area (Å²) in [5.41, 5.74) is 1.77. The third-order valence-electron chi connectivity index (χ3n) is 7.09. The van der Waals surface area contributed by atoms with Gasteiger partial charge in [-0.3, -0.25) is 19.6 Å². The first-order valence-corrected chi connectivity index (χ1v) is 12.0. The molecular weight excluding hydrogens is 428 g/mol. The third kappa shape index (κ3) is 4.92. The molecule has 2 aliphatic rings. The van der Waals surface area contributed by atoms with Crippen LogP contribution in [0.4, 0.5) is 5.82 Å². The highest BCUT2D eigenvalue weighted by Gasteiger charge is 2.33. The molecular formula is C26H30N6O2. The summed E-state index contributed by atoms with van der Waals surface area (Å²) in [5, 5.41) is 4.97. The van der Waals surface area contributed by atoms with Gasteiger partial charge in [0.05, 0.1) is 11.9 Å². The summed E-state index contributed by atoms with van der Waals surface area (Å²) in [6, 6.07) is 7.92. The second-order valence-electron chi connectivity index (χ2n) is 9.39. The smallest absolute Gasteiger partial charge is 0.228 e. The van der Waals surface area contributed by atoms with Gasteiger partial charge in [-0.1, -0.05) is 12.1 Å². The fourth-order valence-corrected chi connectivity index (χ4v) is 4.93. The number of likely N-dealkylation sites (N-methyl/N-ethyl adjacent to an activating group) is 1. The lowest BCUT2D eigenvalue weighted by atomic mass is 9.81. The molecule has 0 atom stereocenters. The van der Waals surface area contributed by atoms with Crippen LogP contribution in [0.3, 0.4) is 0 Å². The topological polar surface area (TPSA) is 91.3 Å². The molecule has 0 radical (unpaired) electrons. The number of piperazine rings is 1. The first kappa shape index (κ1) is 22.4. The van der Waals surface area contributed by atoms with E-state index in [2.05, 4.69) is 32.2 Å². The number of aromatic nitrogens is 3. The van der Waals surface area contributed by atoms with Gasteiger partial charge in [-0.25, -0.2) is 4.98 Å². The van der Waals surface area contributed by atoms with Gasteiger partial charge in [-0.15, -0.1) is 0 Å². The van der Waals surface area contributed by atoms with Gasteiger partial charge in [-0.05, 0) is 50.2 Å². The molecule has 2 amide bonds. The Bertz CT molecular complexity index is 1170. The molecule has 1 aliphatic heterocycles. The zero-order valence-corrected chi connectivity index (χ0v) is 19.5. The summed E-state index contributed by atoms with van der Waals surface area (Å²) in [7, 11) is 2.09. The first-order valence-electron chi connectivity index (χ1n) is 12.0. The van der Waals surface area contributed by atoms with Crippen molar-refractivity contribution in [1.82, 2.24) is 24.8 Å². The highest BCUT2D eigenvalue weighted by atomic mass is 16.2. The average Bonchev–Trinajstić information content (AvgIpc) is 2.89. The van der Waals surface area contributed by atoms with Crippen molar-refractivity contribution in [2.24, 2.45) is 11.8 Å². The molecule has 1 aliphatic carbocycles. The number of nitrogens with zero attached hydrogens (tertiary/aromatic N) is 5. The quantitative estimate of drug-likeness (QED) is 0.646. The van der Waals surface area contributed by atoms with Crippen LogP contribution in [0.1, 0.15) is 25.7 Å². The second kappa shape index (κ2) is 9.85. The third-order valence-corrected chi connectivity index (χ3v) is 7.09. The number of pyridine rings is 1. The van der Waals surface area contributed by atoms with Gasteiger partial charge in [0.2, 0.25) is 11.8 Å². The lowest BCUT2D eigenvalue weighted by Gasteiger charge is -2.36. The fourth-order valence-electron chi connectivity index (χ4n) is 4.93. The Morgan fingerprint density at radius 1 is 0.882 bits per heavy atom. The van der Waals surface area contributed by atoms with Crippen molar-refractivity contribution >= 4 is 28.4 Å². The lowest BCUT2D eigenvalue weighted by molar-refractivity contribution is -0.139.